The first kappa shape index (κ1) is 37.5. The van der Waals surface area contributed by atoms with Crippen molar-refractivity contribution < 1.29 is 19.2 Å². The molecule has 13 nitrogen and oxygen atoms in total. The van der Waals surface area contributed by atoms with E-state index in [0.717, 1.165) is 76.0 Å². The molecule has 3 aliphatic heterocycles. The van der Waals surface area contributed by atoms with Gasteiger partial charge in [-0.15, -0.1) is 11.8 Å². The molecule has 1 aromatic heterocycles. The molecule has 0 bridgehead atoms. The van der Waals surface area contributed by atoms with Gasteiger partial charge in [-0.1, -0.05) is 47.8 Å². The van der Waals surface area contributed by atoms with Crippen molar-refractivity contribution in [3.8, 4) is 0 Å². The number of anilines is 2. The predicted molar refractivity (Wildman–Crippen MR) is 205 cm³/mol. The number of H-pyrrole nitrogens is 1. The molecular weight excluding hydrogens is 725 g/mol. The van der Waals surface area contributed by atoms with Gasteiger partial charge in [-0.05, 0) is 61.9 Å². The second kappa shape index (κ2) is 17.5. The molecule has 276 valence electrons. The lowest BCUT2D eigenvalue weighted by atomic mass is 10.0. The Morgan fingerprint density at radius 1 is 1.04 bits per heavy atom. The summed E-state index contributed by atoms with van der Waals surface area (Å²) in [5, 5.41) is 22.5. The number of rotatable bonds is 14. The Balaban J connectivity index is 0.886. The summed E-state index contributed by atoms with van der Waals surface area (Å²) in [7, 11) is 1.97. The van der Waals surface area contributed by atoms with Crippen LogP contribution < -0.4 is 26.6 Å². The van der Waals surface area contributed by atoms with Gasteiger partial charge in [0.2, 0.25) is 5.91 Å². The summed E-state index contributed by atoms with van der Waals surface area (Å²) in [5.74, 6) is -1.09. The van der Waals surface area contributed by atoms with Crippen LogP contribution in [0.5, 0.6) is 0 Å². The zero-order valence-corrected chi connectivity index (χ0v) is 31.1. The molecule has 6 N–H and O–H groups in total. The number of carbonyl (C=O) groups excluding carboxylic acids is 4. The van der Waals surface area contributed by atoms with Crippen LogP contribution in [0.25, 0.3) is 0 Å². The molecule has 1 unspecified atom stereocenters. The van der Waals surface area contributed by atoms with E-state index in [2.05, 4.69) is 41.7 Å². The van der Waals surface area contributed by atoms with Crippen LogP contribution in [0.3, 0.4) is 0 Å². The quantitative estimate of drug-likeness (QED) is 0.0935. The van der Waals surface area contributed by atoms with Crippen molar-refractivity contribution in [3.05, 3.63) is 87.8 Å². The molecule has 5 amide bonds. The lowest BCUT2D eigenvalue weighted by Gasteiger charge is -2.32. The average Bonchev–Trinajstić information content (AvgIpc) is 3.82. The SMILES string of the molecule is CN(/C=C/C(=O)Nc1cccc(CN2CCC(NC(=O)c3[nH]ncc3NC(=O)c3c(Cl)cccc3Cl)CC2)c1)CCCCC1C[C@@H]2NC(=O)N[C@@H]2S1. The first-order valence-electron chi connectivity index (χ1n) is 17.4. The first-order valence-corrected chi connectivity index (χ1v) is 19.1. The number of nitrogens with one attached hydrogen (secondary N) is 6. The van der Waals surface area contributed by atoms with Gasteiger partial charge >= 0.3 is 6.03 Å². The molecule has 3 aromatic rings. The molecule has 0 spiro atoms. The molecule has 6 rings (SSSR count). The minimum atomic E-state index is -0.539. The van der Waals surface area contributed by atoms with Crippen molar-refractivity contribution in [1.29, 1.82) is 0 Å². The number of thioether (sulfide) groups is 1. The highest BCUT2D eigenvalue weighted by atomic mass is 35.5. The predicted octanol–water partition coefficient (Wildman–Crippen LogP) is 5.43. The summed E-state index contributed by atoms with van der Waals surface area (Å²) in [5.41, 5.74) is 2.32. The van der Waals surface area contributed by atoms with Crippen LogP contribution in [0, 0.1) is 0 Å². The fourth-order valence-electron chi connectivity index (χ4n) is 6.70. The highest BCUT2D eigenvalue weighted by molar-refractivity contribution is 8.00. The summed E-state index contributed by atoms with van der Waals surface area (Å²) < 4.78 is 0. The number of nitrogens with zero attached hydrogens (tertiary/aromatic N) is 3. The number of aromatic amines is 1. The van der Waals surface area contributed by atoms with Crippen LogP contribution in [-0.4, -0.2) is 93.1 Å². The van der Waals surface area contributed by atoms with E-state index in [4.69, 9.17) is 23.2 Å². The normalized spacial score (nSPS) is 20.3. The number of likely N-dealkylation sites (tertiary alicyclic amines) is 1. The van der Waals surface area contributed by atoms with Gasteiger partial charge in [0.15, 0.2) is 0 Å². The Morgan fingerprint density at radius 3 is 2.58 bits per heavy atom. The molecule has 0 aliphatic carbocycles. The number of hydrogen-bond acceptors (Lipinski definition) is 8. The van der Waals surface area contributed by atoms with Gasteiger partial charge in [-0.2, -0.15) is 5.10 Å². The van der Waals surface area contributed by atoms with Crippen LogP contribution in [0.15, 0.2) is 60.9 Å². The van der Waals surface area contributed by atoms with Gasteiger partial charge in [-0.25, -0.2) is 4.79 Å². The van der Waals surface area contributed by atoms with E-state index in [9.17, 15) is 19.2 Å². The third-order valence-corrected chi connectivity index (χ3v) is 11.6. The molecule has 3 atom stereocenters. The van der Waals surface area contributed by atoms with E-state index in [1.54, 1.807) is 24.3 Å². The summed E-state index contributed by atoms with van der Waals surface area (Å²) in [6.45, 7) is 3.14. The molecule has 52 heavy (non-hydrogen) atoms. The minimum Gasteiger partial charge on any atom is -0.380 e. The Kier molecular flexibility index (Phi) is 12.6. The van der Waals surface area contributed by atoms with E-state index < -0.39 is 5.91 Å². The third kappa shape index (κ3) is 10.00. The van der Waals surface area contributed by atoms with Gasteiger partial charge in [-0.3, -0.25) is 24.4 Å². The number of urea groups is 1. The summed E-state index contributed by atoms with van der Waals surface area (Å²) in [6, 6.07) is 12.8. The molecule has 3 saturated heterocycles. The van der Waals surface area contributed by atoms with Crippen molar-refractivity contribution in [2.45, 2.75) is 67.8 Å². The lowest BCUT2D eigenvalue weighted by Crippen LogP contribution is -2.44. The van der Waals surface area contributed by atoms with Crippen LogP contribution in [0.1, 0.15) is 64.9 Å². The molecule has 2 aromatic carbocycles. The lowest BCUT2D eigenvalue weighted by molar-refractivity contribution is -0.112. The minimum absolute atomic E-state index is 0.0432. The van der Waals surface area contributed by atoms with E-state index in [1.165, 1.54) is 6.20 Å². The molecule has 3 aliphatic rings. The van der Waals surface area contributed by atoms with E-state index >= 15 is 0 Å². The topological polar surface area (TPSA) is 164 Å². The molecule has 0 radical (unpaired) electrons. The molecule has 4 heterocycles. The Bertz CT molecular complexity index is 1760. The maximum atomic E-state index is 13.1. The number of benzene rings is 2. The van der Waals surface area contributed by atoms with Gasteiger partial charge in [0.05, 0.1) is 38.9 Å². The van der Waals surface area contributed by atoms with Gasteiger partial charge in [0, 0.05) is 62.5 Å². The third-order valence-electron chi connectivity index (χ3n) is 9.41. The zero-order chi connectivity index (χ0) is 36.6. The maximum absolute atomic E-state index is 13.1. The van der Waals surface area contributed by atoms with Crippen molar-refractivity contribution in [1.82, 2.24) is 35.9 Å². The number of halogens is 2. The molecule has 3 fully saturated rings. The second-order valence-electron chi connectivity index (χ2n) is 13.4. The number of aromatic nitrogens is 2. The van der Waals surface area contributed by atoms with Crippen molar-refractivity contribution in [2.24, 2.45) is 0 Å². The number of piperidine rings is 1. The van der Waals surface area contributed by atoms with Crippen molar-refractivity contribution >= 4 is 70.1 Å². The molecule has 16 heteroatoms. The van der Waals surface area contributed by atoms with Crippen molar-refractivity contribution in [2.75, 3.05) is 37.3 Å². The number of carbonyl (C=O) groups is 4. The fraction of sp³-hybridized carbons (Fsp3) is 0.417. The van der Waals surface area contributed by atoms with Crippen molar-refractivity contribution in [3.63, 3.8) is 0 Å². The number of unbranched alkanes of at least 4 members (excludes halogenated alkanes) is 1. The van der Waals surface area contributed by atoms with Crippen LogP contribution in [0.2, 0.25) is 10.0 Å². The zero-order valence-electron chi connectivity index (χ0n) is 28.8. The monoisotopic (exact) mass is 767 g/mol. The largest absolute Gasteiger partial charge is 0.380 e. The average molecular weight is 769 g/mol. The standard InChI is InChI=1S/C36H43Cl2N9O4S/c1-46(14-3-2-8-25-19-28-35(52-25)44-36(51)43-28)15-13-30(48)40-24-7-4-6-22(18-24)21-47-16-11-23(12-17-47)41-34(50)32-29(20-39-45-32)42-33(49)31-26(37)9-5-10-27(31)38/h4-7,9-10,13,15,18,20,23,25,28,35H,2-3,8,11-12,14,16-17,19,21H2,1H3,(H,39,45)(H,40,48)(H,41,50)(H,42,49)(H2,43,44,51)/b15-13+/t25?,28-,35+/m0/s1. The smallest absolute Gasteiger partial charge is 0.316 e. The van der Waals surface area contributed by atoms with Gasteiger partial charge in [0.25, 0.3) is 11.8 Å². The highest BCUT2D eigenvalue weighted by Gasteiger charge is 2.40. The van der Waals surface area contributed by atoms with Crippen LogP contribution in [-0.2, 0) is 11.3 Å². The number of amides is 5. The van der Waals surface area contributed by atoms with Crippen LogP contribution in [0.4, 0.5) is 16.2 Å². The fourth-order valence-corrected chi connectivity index (χ4v) is 8.85. The Morgan fingerprint density at radius 2 is 1.81 bits per heavy atom. The van der Waals surface area contributed by atoms with E-state index in [0.29, 0.717) is 5.25 Å². The van der Waals surface area contributed by atoms with Gasteiger partial charge in [0.1, 0.15) is 5.69 Å². The summed E-state index contributed by atoms with van der Waals surface area (Å²) in [6.07, 6.45) is 10.5. The Labute approximate surface area is 317 Å². The summed E-state index contributed by atoms with van der Waals surface area (Å²) in [4.78, 5) is 54.4. The van der Waals surface area contributed by atoms with E-state index in [1.807, 2.05) is 54.2 Å². The number of hydrogen-bond donors (Lipinski definition) is 6. The second-order valence-corrected chi connectivity index (χ2v) is 15.6. The molecule has 0 saturated carbocycles. The summed E-state index contributed by atoms with van der Waals surface area (Å²) >= 11 is 14.2. The van der Waals surface area contributed by atoms with Crippen LogP contribution >= 0.6 is 35.0 Å². The Hall–Kier alpha value is -4.24. The first-order chi connectivity index (χ1) is 25.1. The molecular formula is C36H43Cl2N9O4S. The highest BCUT2D eigenvalue weighted by Crippen LogP contribution is 2.37. The van der Waals surface area contributed by atoms with Gasteiger partial charge < -0.3 is 31.5 Å². The van der Waals surface area contributed by atoms with E-state index in [-0.39, 0.29) is 62.3 Å². The maximum Gasteiger partial charge on any atom is 0.316 e. The number of fused-ring (bicyclic) bond motifs is 1.